The molecule has 1 heterocycles. The van der Waals surface area contributed by atoms with Crippen LogP contribution in [-0.2, 0) is 21.4 Å². The molecule has 0 radical (unpaired) electrons. The highest BCUT2D eigenvalue weighted by Crippen LogP contribution is 2.30. The Morgan fingerprint density at radius 2 is 1.88 bits per heavy atom. The van der Waals surface area contributed by atoms with E-state index in [0.717, 1.165) is 0 Å². The number of methoxy groups -OCH3 is 2. The van der Waals surface area contributed by atoms with E-state index in [2.05, 4.69) is 10.0 Å². The Morgan fingerprint density at radius 1 is 1.12 bits per heavy atom. The Hall–Kier alpha value is -2.78. The van der Waals surface area contributed by atoms with E-state index >= 15 is 0 Å². The van der Waals surface area contributed by atoms with Crippen molar-refractivity contribution >= 4 is 21.6 Å². The predicted octanol–water partition coefficient (Wildman–Crippen LogP) is 1.51. The smallest absolute Gasteiger partial charge is 0.262 e. The highest BCUT2D eigenvalue weighted by molar-refractivity contribution is 7.89. The quantitative estimate of drug-likeness (QED) is 0.790. The van der Waals surface area contributed by atoms with E-state index in [4.69, 9.17) is 14.2 Å². The molecule has 0 saturated heterocycles. The van der Waals surface area contributed by atoms with E-state index in [-0.39, 0.29) is 24.0 Å². The van der Waals surface area contributed by atoms with Crippen LogP contribution < -0.4 is 24.2 Å². The van der Waals surface area contributed by atoms with Gasteiger partial charge in [-0.2, -0.15) is 0 Å². The number of rotatable bonds is 6. The molecule has 0 bridgehead atoms. The van der Waals surface area contributed by atoms with Crippen LogP contribution in [0, 0.1) is 0 Å². The van der Waals surface area contributed by atoms with Crippen molar-refractivity contribution in [1.82, 2.24) is 4.72 Å². The van der Waals surface area contributed by atoms with Crippen molar-refractivity contribution in [3.8, 4) is 17.2 Å². The molecule has 0 aliphatic carbocycles. The van der Waals surface area contributed by atoms with Gasteiger partial charge in [0.2, 0.25) is 10.0 Å². The molecule has 0 spiro atoms. The molecule has 0 saturated carbocycles. The first kappa shape index (κ1) is 18.0. The van der Waals surface area contributed by atoms with Crippen LogP contribution in [0.3, 0.4) is 0 Å². The van der Waals surface area contributed by atoms with E-state index in [1.165, 1.54) is 32.4 Å². The number of benzene rings is 2. The first-order valence-corrected chi connectivity index (χ1v) is 9.18. The molecule has 2 N–H and O–H groups in total. The van der Waals surface area contributed by atoms with Crippen LogP contribution in [0.25, 0.3) is 0 Å². The third kappa shape index (κ3) is 3.73. The molecule has 9 heteroatoms. The maximum absolute atomic E-state index is 12.5. The lowest BCUT2D eigenvalue weighted by Gasteiger charge is -2.18. The van der Waals surface area contributed by atoms with E-state index < -0.39 is 10.0 Å². The number of hydrogen-bond acceptors (Lipinski definition) is 6. The number of anilines is 1. The molecule has 0 fully saturated rings. The van der Waals surface area contributed by atoms with Crippen LogP contribution in [-0.4, -0.2) is 35.2 Å². The first-order valence-electron chi connectivity index (χ1n) is 7.70. The van der Waals surface area contributed by atoms with Gasteiger partial charge in [0.05, 0.1) is 24.8 Å². The van der Waals surface area contributed by atoms with Crippen LogP contribution in [0.5, 0.6) is 17.2 Å². The van der Waals surface area contributed by atoms with E-state index in [1.54, 1.807) is 18.2 Å². The lowest BCUT2D eigenvalue weighted by Crippen LogP contribution is -2.27. The van der Waals surface area contributed by atoms with Crippen molar-refractivity contribution in [2.45, 2.75) is 11.4 Å². The average molecular weight is 378 g/mol. The molecule has 1 amide bonds. The molecule has 0 aromatic heterocycles. The Bertz CT molecular complexity index is 942. The number of hydrogen-bond donors (Lipinski definition) is 2. The minimum atomic E-state index is -3.77. The van der Waals surface area contributed by atoms with Crippen LogP contribution in [0.15, 0.2) is 41.3 Å². The molecule has 0 atom stereocenters. The Morgan fingerprint density at radius 3 is 2.62 bits per heavy atom. The van der Waals surface area contributed by atoms with Crippen molar-refractivity contribution in [3.63, 3.8) is 0 Å². The molecule has 26 heavy (non-hydrogen) atoms. The number of sulfonamides is 1. The fourth-order valence-electron chi connectivity index (χ4n) is 2.48. The lowest BCUT2D eigenvalue weighted by molar-refractivity contribution is -0.118. The molecular formula is C17H18N2O6S. The summed E-state index contributed by atoms with van der Waals surface area (Å²) in [5, 5.41) is 2.59. The van der Waals surface area contributed by atoms with E-state index in [9.17, 15) is 13.2 Å². The maximum Gasteiger partial charge on any atom is 0.262 e. The van der Waals surface area contributed by atoms with Gasteiger partial charge in [-0.05, 0) is 35.9 Å². The zero-order valence-corrected chi connectivity index (χ0v) is 15.1. The second-order valence-corrected chi connectivity index (χ2v) is 7.28. The zero-order chi connectivity index (χ0) is 18.7. The van der Waals surface area contributed by atoms with Crippen LogP contribution in [0.2, 0.25) is 0 Å². The number of carbonyl (C=O) groups is 1. The molecular weight excluding hydrogens is 360 g/mol. The molecule has 2 aromatic rings. The van der Waals surface area contributed by atoms with Crippen molar-refractivity contribution in [2.75, 3.05) is 26.1 Å². The van der Waals surface area contributed by atoms with Gasteiger partial charge < -0.3 is 19.5 Å². The topological polar surface area (TPSA) is 103 Å². The standard InChI is InChI=1S/C17H18N2O6S/c1-23-15-5-3-11(7-16(15)24-2)9-18-26(21,22)12-4-6-14-13(8-12)19-17(20)10-25-14/h3-8,18H,9-10H2,1-2H3,(H,19,20). The minimum absolute atomic E-state index is 0.0301. The highest BCUT2D eigenvalue weighted by Gasteiger charge is 2.21. The van der Waals surface area contributed by atoms with Gasteiger partial charge in [0.25, 0.3) is 5.91 Å². The Labute approximate surface area is 151 Å². The summed E-state index contributed by atoms with van der Waals surface area (Å²) in [5.74, 6) is 1.18. The summed E-state index contributed by atoms with van der Waals surface area (Å²) in [7, 11) is -0.738. The lowest BCUT2D eigenvalue weighted by atomic mass is 10.2. The van der Waals surface area contributed by atoms with Gasteiger partial charge in [0, 0.05) is 6.54 Å². The molecule has 3 rings (SSSR count). The number of fused-ring (bicyclic) bond motifs is 1. The van der Waals surface area contributed by atoms with Gasteiger partial charge in [-0.25, -0.2) is 13.1 Å². The zero-order valence-electron chi connectivity index (χ0n) is 14.2. The van der Waals surface area contributed by atoms with Crippen LogP contribution in [0.4, 0.5) is 5.69 Å². The third-order valence-electron chi connectivity index (χ3n) is 3.81. The number of carbonyl (C=O) groups excluding carboxylic acids is 1. The SMILES string of the molecule is COc1ccc(CNS(=O)(=O)c2ccc3c(c2)NC(=O)CO3)cc1OC. The molecule has 138 valence electrons. The van der Waals surface area contributed by atoms with Crippen molar-refractivity contribution in [1.29, 1.82) is 0 Å². The maximum atomic E-state index is 12.5. The molecule has 8 nitrogen and oxygen atoms in total. The first-order chi connectivity index (χ1) is 12.4. The molecule has 0 unspecified atom stereocenters. The fourth-order valence-corrected chi connectivity index (χ4v) is 3.53. The Balaban J connectivity index is 1.77. The largest absolute Gasteiger partial charge is 0.493 e. The van der Waals surface area contributed by atoms with Crippen molar-refractivity contribution in [3.05, 3.63) is 42.0 Å². The number of amides is 1. The van der Waals surface area contributed by atoms with E-state index in [1.807, 2.05) is 0 Å². The number of ether oxygens (including phenoxy) is 3. The third-order valence-corrected chi connectivity index (χ3v) is 5.21. The fraction of sp³-hybridized carbons (Fsp3) is 0.235. The summed E-state index contributed by atoms with van der Waals surface area (Å²) >= 11 is 0. The molecule has 1 aliphatic rings. The summed E-state index contributed by atoms with van der Waals surface area (Å²) in [4.78, 5) is 11.4. The summed E-state index contributed by atoms with van der Waals surface area (Å²) < 4.78 is 43.2. The van der Waals surface area contributed by atoms with Crippen LogP contribution >= 0.6 is 0 Å². The monoisotopic (exact) mass is 378 g/mol. The minimum Gasteiger partial charge on any atom is -0.493 e. The van der Waals surface area contributed by atoms with Gasteiger partial charge >= 0.3 is 0 Å². The second-order valence-electron chi connectivity index (χ2n) is 5.51. The van der Waals surface area contributed by atoms with Gasteiger partial charge in [0.15, 0.2) is 18.1 Å². The Kier molecular flexibility index (Phi) is 5.01. The number of nitrogens with one attached hydrogen (secondary N) is 2. The van der Waals surface area contributed by atoms with Gasteiger partial charge in [-0.3, -0.25) is 4.79 Å². The van der Waals surface area contributed by atoms with E-state index in [0.29, 0.717) is 28.5 Å². The molecule has 1 aliphatic heterocycles. The van der Waals surface area contributed by atoms with Gasteiger partial charge in [-0.15, -0.1) is 0 Å². The second kappa shape index (κ2) is 7.22. The average Bonchev–Trinajstić information content (AvgIpc) is 2.65. The summed E-state index contributed by atoms with van der Waals surface area (Å²) in [6.07, 6.45) is 0. The van der Waals surface area contributed by atoms with Crippen molar-refractivity contribution in [2.24, 2.45) is 0 Å². The summed E-state index contributed by atoms with van der Waals surface area (Å²) in [6, 6.07) is 9.44. The van der Waals surface area contributed by atoms with Gasteiger partial charge in [-0.1, -0.05) is 6.07 Å². The van der Waals surface area contributed by atoms with Crippen molar-refractivity contribution < 1.29 is 27.4 Å². The summed E-state index contributed by atoms with van der Waals surface area (Å²) in [6.45, 7) is -0.0146. The normalized spacial score (nSPS) is 13.4. The predicted molar refractivity (Wildman–Crippen MR) is 94.1 cm³/mol. The van der Waals surface area contributed by atoms with Gasteiger partial charge in [0.1, 0.15) is 5.75 Å². The highest BCUT2D eigenvalue weighted by atomic mass is 32.2. The summed E-state index contributed by atoms with van der Waals surface area (Å²) in [5.41, 5.74) is 1.04. The molecule has 2 aromatic carbocycles. The van der Waals surface area contributed by atoms with Crippen LogP contribution in [0.1, 0.15) is 5.56 Å².